The van der Waals surface area contributed by atoms with Crippen LogP contribution in [0.2, 0.25) is 0 Å². The molecule has 0 fully saturated rings. The van der Waals surface area contributed by atoms with Crippen LogP contribution < -0.4 is 5.32 Å². The maximum absolute atomic E-state index is 9.89. The average Bonchev–Trinajstić information content (AvgIpc) is 2.53. The highest BCUT2D eigenvalue weighted by atomic mass is 16.3. The molecule has 112 valence electrons. The van der Waals surface area contributed by atoms with E-state index >= 15 is 0 Å². The summed E-state index contributed by atoms with van der Waals surface area (Å²) in [4.78, 5) is 0. The number of aliphatic hydroxyl groups excluding tert-OH is 1. The molecule has 0 spiro atoms. The van der Waals surface area contributed by atoms with E-state index in [1.165, 1.54) is 11.1 Å². The number of rotatable bonds is 6. The minimum absolute atomic E-state index is 0.260. The van der Waals surface area contributed by atoms with Crippen LogP contribution >= 0.6 is 0 Å². The Labute approximate surface area is 127 Å². The smallest absolute Gasteiger partial charge is 0.0781 e. The zero-order valence-electron chi connectivity index (χ0n) is 13.1. The molecule has 0 bridgehead atoms. The highest BCUT2D eigenvalue weighted by molar-refractivity contribution is 5.53. The summed E-state index contributed by atoms with van der Waals surface area (Å²) >= 11 is 0. The fraction of sp³-hybridized carbons (Fsp3) is 0.368. The Morgan fingerprint density at radius 1 is 1.00 bits per heavy atom. The van der Waals surface area contributed by atoms with E-state index in [-0.39, 0.29) is 6.04 Å². The molecule has 21 heavy (non-hydrogen) atoms. The van der Waals surface area contributed by atoms with Gasteiger partial charge in [0.25, 0.3) is 0 Å². The zero-order chi connectivity index (χ0) is 15.2. The zero-order valence-corrected chi connectivity index (χ0v) is 13.1. The van der Waals surface area contributed by atoms with Crippen molar-refractivity contribution in [1.29, 1.82) is 0 Å². The van der Waals surface area contributed by atoms with Crippen molar-refractivity contribution in [3.05, 3.63) is 65.2 Å². The number of para-hydroxylation sites is 1. The van der Waals surface area contributed by atoms with Crippen molar-refractivity contribution in [2.24, 2.45) is 0 Å². The minimum Gasteiger partial charge on any atom is -0.389 e. The highest BCUT2D eigenvalue weighted by Gasteiger charge is 2.13. The van der Waals surface area contributed by atoms with E-state index in [1.54, 1.807) is 6.92 Å². The van der Waals surface area contributed by atoms with Crippen LogP contribution in [0.1, 0.15) is 56.0 Å². The van der Waals surface area contributed by atoms with Crippen LogP contribution in [0.4, 0.5) is 5.69 Å². The van der Waals surface area contributed by atoms with Crippen molar-refractivity contribution >= 4 is 5.69 Å². The molecule has 0 saturated heterocycles. The molecular formula is C19H25NO. The summed E-state index contributed by atoms with van der Waals surface area (Å²) in [5.74, 6) is 0. The molecule has 0 radical (unpaired) electrons. The SMILES string of the molecule is CCc1ccc(C(CC)Nc2ccccc2C(C)O)cc1. The summed E-state index contributed by atoms with van der Waals surface area (Å²) in [5, 5.41) is 13.5. The molecule has 2 rings (SSSR count). The number of aryl methyl sites for hydroxylation is 1. The Balaban J connectivity index is 2.22. The van der Waals surface area contributed by atoms with Gasteiger partial charge in [0.05, 0.1) is 12.1 Å². The molecule has 2 unspecified atom stereocenters. The number of anilines is 1. The largest absolute Gasteiger partial charge is 0.389 e. The van der Waals surface area contributed by atoms with Gasteiger partial charge >= 0.3 is 0 Å². The third-order valence-corrected chi connectivity index (χ3v) is 3.94. The Hall–Kier alpha value is -1.80. The number of hydrogen-bond donors (Lipinski definition) is 2. The van der Waals surface area contributed by atoms with E-state index in [4.69, 9.17) is 0 Å². The van der Waals surface area contributed by atoms with E-state index in [1.807, 2.05) is 24.3 Å². The first kappa shape index (κ1) is 15.6. The summed E-state index contributed by atoms with van der Waals surface area (Å²) in [6, 6.07) is 17.0. The molecule has 2 N–H and O–H groups in total. The maximum atomic E-state index is 9.89. The van der Waals surface area contributed by atoms with Crippen LogP contribution in [-0.4, -0.2) is 5.11 Å². The molecule has 2 atom stereocenters. The third kappa shape index (κ3) is 3.85. The Bertz CT molecular complexity index is 560. The standard InChI is InChI=1S/C19H25NO/c1-4-15-10-12-16(13-11-15)18(5-2)20-19-9-7-6-8-17(19)14(3)21/h6-14,18,20-21H,4-5H2,1-3H3. The van der Waals surface area contributed by atoms with Crippen molar-refractivity contribution < 1.29 is 5.11 Å². The summed E-state index contributed by atoms with van der Waals surface area (Å²) in [7, 11) is 0. The van der Waals surface area contributed by atoms with Gasteiger partial charge in [-0.1, -0.05) is 56.3 Å². The van der Waals surface area contributed by atoms with Crippen LogP contribution in [0.25, 0.3) is 0 Å². The monoisotopic (exact) mass is 283 g/mol. The number of aliphatic hydroxyl groups is 1. The lowest BCUT2D eigenvalue weighted by Crippen LogP contribution is -2.12. The van der Waals surface area contributed by atoms with Gasteiger partial charge in [-0.15, -0.1) is 0 Å². The highest BCUT2D eigenvalue weighted by Crippen LogP contribution is 2.28. The summed E-state index contributed by atoms with van der Waals surface area (Å²) in [6.07, 6.45) is 1.60. The van der Waals surface area contributed by atoms with Crippen LogP contribution in [-0.2, 0) is 6.42 Å². The molecule has 2 nitrogen and oxygen atoms in total. The van der Waals surface area contributed by atoms with Gasteiger partial charge in [-0.05, 0) is 37.0 Å². The molecule has 0 heterocycles. The topological polar surface area (TPSA) is 32.3 Å². The maximum Gasteiger partial charge on any atom is 0.0781 e. The minimum atomic E-state index is -0.464. The summed E-state index contributed by atoms with van der Waals surface area (Å²) in [5.41, 5.74) is 4.60. The molecule has 0 aliphatic heterocycles. The van der Waals surface area contributed by atoms with E-state index in [0.717, 1.165) is 24.1 Å². The molecule has 0 aromatic heterocycles. The van der Waals surface area contributed by atoms with Gasteiger partial charge in [-0.3, -0.25) is 0 Å². The first-order valence-corrected chi connectivity index (χ1v) is 7.78. The molecule has 0 amide bonds. The second-order valence-electron chi connectivity index (χ2n) is 5.46. The molecule has 0 aliphatic carbocycles. The van der Waals surface area contributed by atoms with Crippen molar-refractivity contribution in [3.63, 3.8) is 0 Å². The average molecular weight is 283 g/mol. The van der Waals surface area contributed by atoms with Crippen LogP contribution in [0, 0.1) is 0 Å². The quantitative estimate of drug-likeness (QED) is 0.793. The van der Waals surface area contributed by atoms with Crippen molar-refractivity contribution in [2.75, 3.05) is 5.32 Å². The molecule has 2 aromatic rings. The lowest BCUT2D eigenvalue weighted by atomic mass is 10.0. The normalized spacial score (nSPS) is 13.7. The van der Waals surface area contributed by atoms with Crippen LogP contribution in [0.3, 0.4) is 0 Å². The number of nitrogens with one attached hydrogen (secondary N) is 1. The van der Waals surface area contributed by atoms with Gasteiger partial charge < -0.3 is 10.4 Å². The number of benzene rings is 2. The van der Waals surface area contributed by atoms with E-state index in [2.05, 4.69) is 43.4 Å². The fourth-order valence-electron chi connectivity index (χ4n) is 2.59. The van der Waals surface area contributed by atoms with Crippen molar-refractivity contribution in [2.45, 2.75) is 45.8 Å². The molecular weight excluding hydrogens is 258 g/mol. The Kier molecular flexibility index (Phi) is 5.40. The predicted octanol–water partition coefficient (Wildman–Crippen LogP) is 4.87. The van der Waals surface area contributed by atoms with Gasteiger partial charge in [-0.25, -0.2) is 0 Å². The van der Waals surface area contributed by atoms with Crippen molar-refractivity contribution in [1.82, 2.24) is 0 Å². The van der Waals surface area contributed by atoms with E-state index < -0.39 is 6.10 Å². The Morgan fingerprint density at radius 2 is 1.67 bits per heavy atom. The predicted molar refractivity (Wildman–Crippen MR) is 89.6 cm³/mol. The molecule has 0 aliphatic rings. The van der Waals surface area contributed by atoms with Crippen LogP contribution in [0.15, 0.2) is 48.5 Å². The summed E-state index contributed by atoms with van der Waals surface area (Å²) in [6.45, 7) is 6.15. The summed E-state index contributed by atoms with van der Waals surface area (Å²) < 4.78 is 0. The van der Waals surface area contributed by atoms with Crippen molar-refractivity contribution in [3.8, 4) is 0 Å². The second-order valence-corrected chi connectivity index (χ2v) is 5.46. The van der Waals surface area contributed by atoms with Gasteiger partial charge in [0.2, 0.25) is 0 Å². The van der Waals surface area contributed by atoms with Gasteiger partial charge in [0.1, 0.15) is 0 Å². The van der Waals surface area contributed by atoms with Gasteiger partial charge in [-0.2, -0.15) is 0 Å². The third-order valence-electron chi connectivity index (χ3n) is 3.94. The molecule has 0 saturated carbocycles. The fourth-order valence-corrected chi connectivity index (χ4v) is 2.59. The van der Waals surface area contributed by atoms with E-state index in [0.29, 0.717) is 0 Å². The first-order valence-electron chi connectivity index (χ1n) is 7.78. The van der Waals surface area contributed by atoms with Gasteiger partial charge in [0.15, 0.2) is 0 Å². The first-order chi connectivity index (χ1) is 10.2. The Morgan fingerprint density at radius 3 is 2.24 bits per heavy atom. The lowest BCUT2D eigenvalue weighted by Gasteiger charge is -2.22. The van der Waals surface area contributed by atoms with E-state index in [9.17, 15) is 5.11 Å². The lowest BCUT2D eigenvalue weighted by molar-refractivity contribution is 0.200. The van der Waals surface area contributed by atoms with Gasteiger partial charge in [0, 0.05) is 11.3 Å². The molecule has 2 aromatic carbocycles. The second kappa shape index (κ2) is 7.28. The number of hydrogen-bond acceptors (Lipinski definition) is 2. The van der Waals surface area contributed by atoms with Crippen LogP contribution in [0.5, 0.6) is 0 Å². The molecule has 2 heteroatoms.